The van der Waals surface area contributed by atoms with E-state index in [1.54, 1.807) is 4.57 Å². The van der Waals surface area contributed by atoms with E-state index >= 15 is 0 Å². The van der Waals surface area contributed by atoms with Crippen molar-refractivity contribution in [1.82, 2.24) is 19.9 Å². The summed E-state index contributed by atoms with van der Waals surface area (Å²) in [5.41, 5.74) is -2.61. The van der Waals surface area contributed by atoms with Crippen molar-refractivity contribution >= 4 is 28.5 Å². The van der Waals surface area contributed by atoms with Gasteiger partial charge in [-0.2, -0.15) is 26.3 Å². The van der Waals surface area contributed by atoms with Gasteiger partial charge >= 0.3 is 12.4 Å². The van der Waals surface area contributed by atoms with Crippen molar-refractivity contribution in [3.8, 4) is 0 Å². The van der Waals surface area contributed by atoms with Gasteiger partial charge in [-0.25, -0.2) is 4.98 Å². The number of carbonyl (C=O) groups is 2. The van der Waals surface area contributed by atoms with Gasteiger partial charge in [0.25, 0.3) is 11.8 Å². The Balaban J connectivity index is 1.69. The second-order valence-electron chi connectivity index (χ2n) is 8.86. The highest BCUT2D eigenvalue weighted by molar-refractivity contribution is 6.10. The number of nitrogens with zero attached hydrogens (tertiary/aromatic N) is 3. The standard InChI is InChI=1S/C27H23F6N5O2/c1-2-3-11-38-15-36-23-18(24(39)35-14-21-20(27(31,32)33)9-6-10-34-21)12-16(13-22(23)38)37-25(40)17-7-4-5-8-19(17)26(28,29)30/h4-10,12-13,15H,2-3,11,14H2,1H3,(H,35,39)(H,37,40). The minimum atomic E-state index is -4.78. The summed E-state index contributed by atoms with van der Waals surface area (Å²) in [5, 5.41) is 4.81. The largest absolute Gasteiger partial charge is 0.418 e. The quantitative estimate of drug-likeness (QED) is 0.241. The zero-order valence-electron chi connectivity index (χ0n) is 21.0. The highest BCUT2D eigenvalue weighted by atomic mass is 19.4. The van der Waals surface area contributed by atoms with Gasteiger partial charge in [-0.15, -0.1) is 0 Å². The minimum absolute atomic E-state index is 0.00620. The molecular formula is C27H23F6N5O2. The Hall–Kier alpha value is -4.42. The molecule has 0 radical (unpaired) electrons. The third kappa shape index (κ3) is 6.24. The number of nitrogens with one attached hydrogen (secondary N) is 2. The summed E-state index contributed by atoms with van der Waals surface area (Å²) in [7, 11) is 0. The van der Waals surface area contributed by atoms with E-state index in [4.69, 9.17) is 0 Å². The Morgan fingerprint density at radius 3 is 2.27 bits per heavy atom. The van der Waals surface area contributed by atoms with Crippen molar-refractivity contribution < 1.29 is 35.9 Å². The van der Waals surface area contributed by atoms with E-state index in [0.29, 0.717) is 12.1 Å². The summed E-state index contributed by atoms with van der Waals surface area (Å²) in [6.07, 6.45) is -5.23. The van der Waals surface area contributed by atoms with Crippen LogP contribution in [0.4, 0.5) is 32.0 Å². The molecule has 0 atom stereocenters. The monoisotopic (exact) mass is 563 g/mol. The van der Waals surface area contributed by atoms with E-state index in [1.807, 2.05) is 6.92 Å². The number of anilines is 1. The van der Waals surface area contributed by atoms with E-state index in [0.717, 1.165) is 43.2 Å². The molecule has 4 rings (SSSR count). The van der Waals surface area contributed by atoms with Crippen LogP contribution in [0.2, 0.25) is 0 Å². The van der Waals surface area contributed by atoms with Crippen LogP contribution < -0.4 is 10.6 Å². The Morgan fingerprint density at radius 1 is 0.875 bits per heavy atom. The van der Waals surface area contributed by atoms with Gasteiger partial charge in [0.2, 0.25) is 0 Å². The van der Waals surface area contributed by atoms with E-state index in [-0.39, 0.29) is 16.8 Å². The predicted octanol–water partition coefficient (Wildman–Crippen LogP) is 6.45. The lowest BCUT2D eigenvalue weighted by molar-refractivity contribution is -0.139. The molecule has 0 saturated carbocycles. The van der Waals surface area contributed by atoms with Gasteiger partial charge in [-0.05, 0) is 42.8 Å². The van der Waals surface area contributed by atoms with E-state index in [1.165, 1.54) is 30.7 Å². The molecule has 0 aliphatic rings. The summed E-state index contributed by atoms with van der Waals surface area (Å²) in [6.45, 7) is 1.92. The normalized spacial score (nSPS) is 12.0. The van der Waals surface area contributed by atoms with Crippen molar-refractivity contribution in [2.24, 2.45) is 0 Å². The maximum Gasteiger partial charge on any atom is 0.418 e. The summed E-state index contributed by atoms with van der Waals surface area (Å²) in [4.78, 5) is 34.1. The number of unbranched alkanes of at least 4 members (excludes halogenated alkanes) is 1. The maximum absolute atomic E-state index is 13.5. The number of hydrogen-bond donors (Lipinski definition) is 2. The topological polar surface area (TPSA) is 88.9 Å². The fourth-order valence-corrected chi connectivity index (χ4v) is 4.14. The molecule has 2 aromatic carbocycles. The number of aromatic nitrogens is 3. The predicted molar refractivity (Wildman–Crippen MR) is 134 cm³/mol. The van der Waals surface area contributed by atoms with Gasteiger partial charge in [0.1, 0.15) is 5.52 Å². The van der Waals surface area contributed by atoms with Crippen LogP contribution in [0.5, 0.6) is 0 Å². The summed E-state index contributed by atoms with van der Waals surface area (Å²) in [5.74, 6) is -1.86. The van der Waals surface area contributed by atoms with E-state index in [9.17, 15) is 35.9 Å². The molecule has 13 heteroatoms. The average molecular weight is 564 g/mol. The van der Waals surface area contributed by atoms with Crippen LogP contribution in [-0.2, 0) is 25.4 Å². The summed E-state index contributed by atoms with van der Waals surface area (Å²) >= 11 is 0. The molecule has 40 heavy (non-hydrogen) atoms. The molecule has 4 aromatic rings. The third-order valence-corrected chi connectivity index (χ3v) is 6.07. The molecule has 0 bridgehead atoms. The number of rotatable bonds is 8. The van der Waals surface area contributed by atoms with Crippen LogP contribution in [0.3, 0.4) is 0 Å². The molecular weight excluding hydrogens is 540 g/mol. The molecule has 0 fully saturated rings. The zero-order valence-corrected chi connectivity index (χ0v) is 21.0. The number of imidazole rings is 1. The number of benzene rings is 2. The Bertz CT molecular complexity index is 1540. The number of pyridine rings is 1. The van der Waals surface area contributed by atoms with Gasteiger partial charge in [0.15, 0.2) is 0 Å². The second-order valence-corrected chi connectivity index (χ2v) is 8.86. The van der Waals surface area contributed by atoms with E-state index < -0.39 is 53.1 Å². The Labute approximate surface area is 224 Å². The van der Waals surface area contributed by atoms with Crippen LogP contribution in [-0.4, -0.2) is 26.3 Å². The number of halogens is 6. The average Bonchev–Trinajstić information content (AvgIpc) is 3.32. The molecule has 2 amide bonds. The summed E-state index contributed by atoms with van der Waals surface area (Å²) in [6, 6.07) is 8.92. The lowest BCUT2D eigenvalue weighted by Gasteiger charge is -2.15. The van der Waals surface area contributed by atoms with Crippen molar-refractivity contribution in [3.05, 3.63) is 89.0 Å². The van der Waals surface area contributed by atoms with Crippen molar-refractivity contribution in [1.29, 1.82) is 0 Å². The Kier molecular flexibility index (Phi) is 8.12. The number of alkyl halides is 6. The van der Waals surface area contributed by atoms with E-state index in [2.05, 4.69) is 20.6 Å². The lowest BCUT2D eigenvalue weighted by Crippen LogP contribution is -2.26. The molecule has 210 valence electrons. The molecule has 2 heterocycles. The molecule has 2 N–H and O–H groups in total. The number of aryl methyl sites for hydroxylation is 1. The van der Waals surface area contributed by atoms with Crippen LogP contribution in [0.25, 0.3) is 11.0 Å². The second kappa shape index (κ2) is 11.4. The van der Waals surface area contributed by atoms with Gasteiger partial charge in [0.05, 0.1) is 46.3 Å². The highest BCUT2D eigenvalue weighted by Gasteiger charge is 2.35. The molecule has 0 aliphatic heterocycles. The van der Waals surface area contributed by atoms with Crippen LogP contribution in [0, 0.1) is 0 Å². The fraction of sp³-hybridized carbons (Fsp3) is 0.259. The van der Waals surface area contributed by atoms with Gasteiger partial charge < -0.3 is 15.2 Å². The van der Waals surface area contributed by atoms with Gasteiger partial charge in [0, 0.05) is 18.4 Å². The minimum Gasteiger partial charge on any atom is -0.346 e. The molecule has 0 aliphatic carbocycles. The molecule has 0 spiro atoms. The van der Waals surface area contributed by atoms with Crippen LogP contribution in [0.15, 0.2) is 61.1 Å². The summed E-state index contributed by atoms with van der Waals surface area (Å²) < 4.78 is 82.2. The fourth-order valence-electron chi connectivity index (χ4n) is 4.14. The first-order valence-corrected chi connectivity index (χ1v) is 12.2. The van der Waals surface area contributed by atoms with Crippen LogP contribution >= 0.6 is 0 Å². The molecule has 0 unspecified atom stereocenters. The zero-order chi connectivity index (χ0) is 29.1. The third-order valence-electron chi connectivity index (χ3n) is 6.07. The number of fused-ring (bicyclic) bond motifs is 1. The van der Waals surface area contributed by atoms with Crippen molar-refractivity contribution in [2.45, 2.75) is 45.2 Å². The smallest absolute Gasteiger partial charge is 0.346 e. The molecule has 0 saturated heterocycles. The van der Waals surface area contributed by atoms with Crippen LogP contribution in [0.1, 0.15) is 57.3 Å². The first kappa shape index (κ1) is 28.6. The number of amides is 2. The number of hydrogen-bond acceptors (Lipinski definition) is 4. The first-order valence-electron chi connectivity index (χ1n) is 12.2. The first-order chi connectivity index (χ1) is 18.9. The van der Waals surface area contributed by atoms with Gasteiger partial charge in [-0.3, -0.25) is 14.6 Å². The molecule has 2 aromatic heterocycles. The SMILES string of the molecule is CCCCn1cnc2c(C(=O)NCc3ncccc3C(F)(F)F)cc(NC(=O)c3ccccc3C(F)(F)F)cc21. The van der Waals surface area contributed by atoms with Crippen molar-refractivity contribution in [2.75, 3.05) is 5.32 Å². The lowest BCUT2D eigenvalue weighted by atomic mass is 10.1. The van der Waals surface area contributed by atoms with Gasteiger partial charge in [-0.1, -0.05) is 25.5 Å². The highest BCUT2D eigenvalue weighted by Crippen LogP contribution is 2.33. The maximum atomic E-state index is 13.5. The van der Waals surface area contributed by atoms with Crippen molar-refractivity contribution in [3.63, 3.8) is 0 Å². The number of carbonyl (C=O) groups excluding carboxylic acids is 2. The Morgan fingerprint density at radius 2 is 1.57 bits per heavy atom. The molecule has 7 nitrogen and oxygen atoms in total.